The van der Waals surface area contributed by atoms with Crippen molar-refractivity contribution in [3.8, 4) is 0 Å². The van der Waals surface area contributed by atoms with Crippen LogP contribution in [0.5, 0.6) is 0 Å². The maximum Gasteiger partial charge on any atom is 0.100 e. The van der Waals surface area contributed by atoms with Crippen LogP contribution < -0.4 is 0 Å². The lowest BCUT2D eigenvalue weighted by molar-refractivity contribution is 0.874. The highest BCUT2D eigenvalue weighted by molar-refractivity contribution is 5.77. The van der Waals surface area contributed by atoms with Crippen LogP contribution in [-0.2, 0) is 0 Å². The van der Waals surface area contributed by atoms with Gasteiger partial charge in [0.1, 0.15) is 6.04 Å². The molecular formula is C21H20N2. The van der Waals surface area contributed by atoms with Gasteiger partial charge in [0.25, 0.3) is 0 Å². The molecule has 23 heavy (non-hydrogen) atoms. The zero-order valence-electron chi connectivity index (χ0n) is 13.5. The molecule has 2 aromatic carbocycles. The van der Waals surface area contributed by atoms with Gasteiger partial charge in [-0.05, 0) is 37.1 Å². The van der Waals surface area contributed by atoms with Gasteiger partial charge in [0.2, 0.25) is 0 Å². The van der Waals surface area contributed by atoms with Gasteiger partial charge < -0.3 is 0 Å². The van der Waals surface area contributed by atoms with Crippen LogP contribution in [0, 0.1) is 13.8 Å². The second-order valence-electron chi connectivity index (χ2n) is 5.76. The first kappa shape index (κ1) is 15.2. The summed E-state index contributed by atoms with van der Waals surface area (Å²) in [7, 11) is 0. The monoisotopic (exact) mass is 300 g/mol. The molecule has 0 N–H and O–H groups in total. The summed E-state index contributed by atoms with van der Waals surface area (Å²) in [5, 5.41) is 0. The number of aryl methyl sites for hydroxylation is 2. The van der Waals surface area contributed by atoms with Crippen molar-refractivity contribution in [3.05, 3.63) is 101 Å². The molecule has 0 saturated heterocycles. The van der Waals surface area contributed by atoms with E-state index in [1.807, 2.05) is 24.4 Å². The lowest BCUT2D eigenvalue weighted by Gasteiger charge is -2.15. The van der Waals surface area contributed by atoms with Crippen LogP contribution in [0.4, 0.5) is 0 Å². The molecule has 0 aliphatic heterocycles. The molecule has 0 amide bonds. The van der Waals surface area contributed by atoms with Gasteiger partial charge in [0.15, 0.2) is 0 Å². The summed E-state index contributed by atoms with van der Waals surface area (Å²) in [6.07, 6.45) is 3.64. The first-order valence-corrected chi connectivity index (χ1v) is 7.80. The van der Waals surface area contributed by atoms with Gasteiger partial charge in [-0.2, -0.15) is 0 Å². The standard InChI is InChI=1S/C21H20N2/c1-16-7-5-9-18(13-16)21(19-10-6-8-17(2)14-19)23-15-20-11-3-4-12-22-20/h3-15,21H,1-2H3/b23-15+. The van der Waals surface area contributed by atoms with Gasteiger partial charge in [0.05, 0.1) is 5.69 Å². The van der Waals surface area contributed by atoms with Crippen LogP contribution in [0.15, 0.2) is 77.9 Å². The van der Waals surface area contributed by atoms with Gasteiger partial charge in [0, 0.05) is 12.4 Å². The summed E-state index contributed by atoms with van der Waals surface area (Å²) in [6.45, 7) is 4.22. The van der Waals surface area contributed by atoms with Crippen LogP contribution in [0.1, 0.15) is 34.0 Å². The molecule has 0 radical (unpaired) electrons. The Hall–Kier alpha value is -2.74. The van der Waals surface area contributed by atoms with Crippen molar-refractivity contribution in [1.29, 1.82) is 0 Å². The maximum atomic E-state index is 4.83. The molecule has 0 saturated carbocycles. The van der Waals surface area contributed by atoms with Crippen LogP contribution >= 0.6 is 0 Å². The van der Waals surface area contributed by atoms with Crippen LogP contribution in [0.2, 0.25) is 0 Å². The van der Waals surface area contributed by atoms with Gasteiger partial charge in [-0.15, -0.1) is 0 Å². The van der Waals surface area contributed by atoms with E-state index < -0.39 is 0 Å². The molecule has 0 aliphatic rings. The van der Waals surface area contributed by atoms with E-state index in [-0.39, 0.29) is 6.04 Å². The Morgan fingerprint density at radius 2 is 1.48 bits per heavy atom. The first-order valence-electron chi connectivity index (χ1n) is 7.80. The number of benzene rings is 2. The number of hydrogen-bond acceptors (Lipinski definition) is 2. The molecule has 0 atom stereocenters. The van der Waals surface area contributed by atoms with Gasteiger partial charge in [-0.25, -0.2) is 0 Å². The summed E-state index contributed by atoms with van der Waals surface area (Å²) in [5.41, 5.74) is 5.75. The van der Waals surface area contributed by atoms with Crippen molar-refractivity contribution < 1.29 is 0 Å². The van der Waals surface area contributed by atoms with Crippen molar-refractivity contribution in [1.82, 2.24) is 4.98 Å². The van der Waals surface area contributed by atoms with E-state index in [1.165, 1.54) is 22.3 Å². The van der Waals surface area contributed by atoms with E-state index in [2.05, 4.69) is 67.4 Å². The predicted molar refractivity (Wildman–Crippen MR) is 96.0 cm³/mol. The molecule has 2 nitrogen and oxygen atoms in total. The molecule has 1 aromatic heterocycles. The highest BCUT2D eigenvalue weighted by Crippen LogP contribution is 2.27. The lowest BCUT2D eigenvalue weighted by Crippen LogP contribution is -2.00. The third kappa shape index (κ3) is 3.92. The predicted octanol–water partition coefficient (Wildman–Crippen LogP) is 4.91. The zero-order chi connectivity index (χ0) is 16.1. The molecule has 3 aromatic rings. The number of aliphatic imine (C=N–C) groups is 1. The van der Waals surface area contributed by atoms with E-state index in [1.54, 1.807) is 6.20 Å². The van der Waals surface area contributed by atoms with E-state index in [0.29, 0.717) is 0 Å². The Morgan fingerprint density at radius 1 is 0.826 bits per heavy atom. The Morgan fingerprint density at radius 3 is 2.00 bits per heavy atom. The summed E-state index contributed by atoms with van der Waals surface area (Å²) >= 11 is 0. The molecule has 0 fully saturated rings. The normalized spacial score (nSPS) is 11.3. The van der Waals surface area contributed by atoms with E-state index in [9.17, 15) is 0 Å². The molecule has 3 rings (SSSR count). The Balaban J connectivity index is 2.01. The second-order valence-corrected chi connectivity index (χ2v) is 5.76. The first-order chi connectivity index (χ1) is 11.2. The molecule has 1 heterocycles. The number of hydrogen-bond donors (Lipinski definition) is 0. The van der Waals surface area contributed by atoms with Crippen molar-refractivity contribution in [3.63, 3.8) is 0 Å². The lowest BCUT2D eigenvalue weighted by atomic mass is 9.96. The van der Waals surface area contributed by atoms with Crippen molar-refractivity contribution >= 4 is 6.21 Å². The van der Waals surface area contributed by atoms with E-state index >= 15 is 0 Å². The fourth-order valence-electron chi connectivity index (χ4n) is 2.65. The Labute approximate surface area is 137 Å². The molecule has 0 unspecified atom stereocenters. The molecule has 114 valence electrons. The summed E-state index contributed by atoms with van der Waals surface area (Å²) in [4.78, 5) is 9.15. The largest absolute Gasteiger partial charge is 0.278 e. The fourth-order valence-corrected chi connectivity index (χ4v) is 2.65. The average molecular weight is 300 g/mol. The Bertz CT molecular complexity index is 761. The number of aromatic nitrogens is 1. The van der Waals surface area contributed by atoms with Crippen molar-refractivity contribution in [2.45, 2.75) is 19.9 Å². The van der Waals surface area contributed by atoms with Crippen molar-refractivity contribution in [2.75, 3.05) is 0 Å². The van der Waals surface area contributed by atoms with Gasteiger partial charge >= 0.3 is 0 Å². The summed E-state index contributed by atoms with van der Waals surface area (Å²) in [6, 6.07) is 22.9. The molecular weight excluding hydrogens is 280 g/mol. The minimum Gasteiger partial charge on any atom is -0.278 e. The third-order valence-corrected chi connectivity index (χ3v) is 3.76. The molecule has 0 spiro atoms. The smallest absolute Gasteiger partial charge is 0.100 e. The van der Waals surface area contributed by atoms with E-state index in [4.69, 9.17) is 4.99 Å². The third-order valence-electron chi connectivity index (χ3n) is 3.76. The molecule has 0 aliphatic carbocycles. The molecule has 0 bridgehead atoms. The Kier molecular flexibility index (Phi) is 4.62. The average Bonchev–Trinajstić information content (AvgIpc) is 2.56. The molecule has 2 heteroatoms. The fraction of sp³-hybridized carbons (Fsp3) is 0.143. The zero-order valence-corrected chi connectivity index (χ0v) is 13.5. The van der Waals surface area contributed by atoms with Crippen LogP contribution in [-0.4, -0.2) is 11.2 Å². The topological polar surface area (TPSA) is 25.2 Å². The number of pyridine rings is 1. The number of nitrogens with zero attached hydrogens (tertiary/aromatic N) is 2. The minimum atomic E-state index is -0.0168. The van der Waals surface area contributed by atoms with Crippen LogP contribution in [0.25, 0.3) is 0 Å². The summed E-state index contributed by atoms with van der Waals surface area (Å²) in [5.74, 6) is 0. The van der Waals surface area contributed by atoms with Gasteiger partial charge in [-0.1, -0.05) is 65.7 Å². The second kappa shape index (κ2) is 7.01. The van der Waals surface area contributed by atoms with Gasteiger partial charge in [-0.3, -0.25) is 9.98 Å². The minimum absolute atomic E-state index is 0.0168. The summed E-state index contributed by atoms with van der Waals surface area (Å²) < 4.78 is 0. The maximum absolute atomic E-state index is 4.83. The van der Waals surface area contributed by atoms with Crippen molar-refractivity contribution in [2.24, 2.45) is 4.99 Å². The van der Waals surface area contributed by atoms with E-state index in [0.717, 1.165) is 5.69 Å². The highest BCUT2D eigenvalue weighted by Gasteiger charge is 2.12. The number of rotatable bonds is 4. The SMILES string of the molecule is Cc1cccc(C(/N=C/c2ccccn2)c2cccc(C)c2)c1. The highest BCUT2D eigenvalue weighted by atomic mass is 14.8. The van der Waals surface area contributed by atoms with Crippen LogP contribution in [0.3, 0.4) is 0 Å². The quantitative estimate of drug-likeness (QED) is 0.629.